The predicted molar refractivity (Wildman–Crippen MR) is 123 cm³/mol. The van der Waals surface area contributed by atoms with Crippen molar-refractivity contribution >= 4 is 22.6 Å². The van der Waals surface area contributed by atoms with Gasteiger partial charge < -0.3 is 14.4 Å². The Hall–Kier alpha value is -3.91. The highest BCUT2D eigenvalue weighted by atomic mass is 19.1. The second-order valence-electron chi connectivity index (χ2n) is 7.87. The molecule has 1 aliphatic rings. The molecule has 1 aromatic heterocycles. The normalized spacial score (nSPS) is 13.8. The molecule has 0 bridgehead atoms. The number of aromatic nitrogens is 2. The highest BCUT2D eigenvalue weighted by Crippen LogP contribution is 2.27. The molecule has 0 atom stereocenters. The van der Waals surface area contributed by atoms with Gasteiger partial charge in [0.05, 0.1) is 36.0 Å². The van der Waals surface area contributed by atoms with Gasteiger partial charge in [-0.15, -0.1) is 0 Å². The van der Waals surface area contributed by atoms with Gasteiger partial charge in [0, 0.05) is 18.7 Å². The van der Waals surface area contributed by atoms with Crippen LogP contribution in [0.2, 0.25) is 0 Å². The van der Waals surface area contributed by atoms with Crippen molar-refractivity contribution in [2.24, 2.45) is 0 Å². The molecule has 0 radical (unpaired) electrons. The lowest BCUT2D eigenvalue weighted by molar-refractivity contribution is 0.103. The number of rotatable bonds is 6. The van der Waals surface area contributed by atoms with E-state index in [0.717, 1.165) is 11.6 Å². The van der Waals surface area contributed by atoms with Crippen LogP contribution in [0.15, 0.2) is 66.9 Å². The van der Waals surface area contributed by atoms with Crippen molar-refractivity contribution in [1.82, 2.24) is 9.97 Å². The number of hydrogen-bond acceptors (Lipinski definition) is 6. The molecule has 172 valence electrons. The van der Waals surface area contributed by atoms with Crippen molar-refractivity contribution in [3.05, 3.63) is 95.2 Å². The van der Waals surface area contributed by atoms with E-state index in [1.165, 1.54) is 18.2 Å². The molecule has 0 N–H and O–H groups in total. The molecule has 34 heavy (non-hydrogen) atoms. The van der Waals surface area contributed by atoms with E-state index >= 15 is 4.39 Å². The predicted octanol–water partition coefficient (Wildman–Crippen LogP) is 4.55. The molecule has 0 spiro atoms. The van der Waals surface area contributed by atoms with Crippen LogP contribution >= 0.6 is 0 Å². The molecule has 0 saturated carbocycles. The van der Waals surface area contributed by atoms with Gasteiger partial charge in [0.1, 0.15) is 18.2 Å². The molecule has 8 heteroatoms. The summed E-state index contributed by atoms with van der Waals surface area (Å²) in [6, 6.07) is 16.0. The SMILES string of the molecule is O=C(c1ccc2ncc(N3CCOCC3)nc2c1)c1c(F)ccc(OCc2ccccc2)c1F. The van der Waals surface area contributed by atoms with Gasteiger partial charge in [-0.3, -0.25) is 9.78 Å². The summed E-state index contributed by atoms with van der Waals surface area (Å²) in [4.78, 5) is 24.2. The summed E-state index contributed by atoms with van der Waals surface area (Å²) in [6.07, 6.45) is 1.67. The Morgan fingerprint density at radius 3 is 2.59 bits per heavy atom. The van der Waals surface area contributed by atoms with Crippen molar-refractivity contribution in [3.63, 3.8) is 0 Å². The van der Waals surface area contributed by atoms with Crippen LogP contribution in [0.25, 0.3) is 11.0 Å². The lowest BCUT2D eigenvalue weighted by Crippen LogP contribution is -2.36. The molecular weight excluding hydrogens is 440 g/mol. The summed E-state index contributed by atoms with van der Waals surface area (Å²) in [5, 5.41) is 0. The standard InChI is InChI=1S/C26H21F2N3O3/c27-19-7-9-22(34-16-17-4-2-1-3-5-17)25(28)24(19)26(32)18-6-8-20-21(14-18)30-23(15-29-20)31-10-12-33-13-11-31/h1-9,14-15H,10-13,16H2. The largest absolute Gasteiger partial charge is 0.486 e. The van der Waals surface area contributed by atoms with Crippen LogP contribution in [0.1, 0.15) is 21.5 Å². The third kappa shape index (κ3) is 4.45. The number of morpholine rings is 1. The zero-order chi connectivity index (χ0) is 23.5. The van der Waals surface area contributed by atoms with Crippen molar-refractivity contribution in [3.8, 4) is 5.75 Å². The minimum Gasteiger partial charge on any atom is -0.486 e. The number of carbonyl (C=O) groups excluding carboxylic acids is 1. The van der Waals surface area contributed by atoms with Crippen molar-refractivity contribution in [2.45, 2.75) is 6.61 Å². The molecule has 3 aromatic carbocycles. The smallest absolute Gasteiger partial charge is 0.199 e. The quantitative estimate of drug-likeness (QED) is 0.393. The van der Waals surface area contributed by atoms with Crippen LogP contribution in [-0.4, -0.2) is 42.1 Å². The Bertz CT molecular complexity index is 1340. The number of nitrogens with zero attached hydrogens (tertiary/aromatic N) is 3. The maximum absolute atomic E-state index is 15.2. The number of carbonyl (C=O) groups is 1. The molecule has 5 rings (SSSR count). The first-order valence-corrected chi connectivity index (χ1v) is 10.9. The number of halogens is 2. The van der Waals surface area contributed by atoms with E-state index in [4.69, 9.17) is 9.47 Å². The first kappa shape index (κ1) is 21.9. The summed E-state index contributed by atoms with van der Waals surface area (Å²) < 4.78 is 40.6. The van der Waals surface area contributed by atoms with E-state index in [9.17, 15) is 9.18 Å². The Labute approximate surface area is 194 Å². The fourth-order valence-electron chi connectivity index (χ4n) is 3.82. The lowest BCUT2D eigenvalue weighted by atomic mass is 10.0. The van der Waals surface area contributed by atoms with E-state index in [1.807, 2.05) is 35.2 Å². The van der Waals surface area contributed by atoms with Gasteiger partial charge in [-0.2, -0.15) is 0 Å². The Morgan fingerprint density at radius 1 is 1.00 bits per heavy atom. The Balaban J connectivity index is 1.44. The van der Waals surface area contributed by atoms with Gasteiger partial charge in [0.25, 0.3) is 0 Å². The highest BCUT2D eigenvalue weighted by molar-refractivity contribution is 6.10. The van der Waals surface area contributed by atoms with Gasteiger partial charge >= 0.3 is 0 Å². The molecule has 0 unspecified atom stereocenters. The fourth-order valence-corrected chi connectivity index (χ4v) is 3.82. The monoisotopic (exact) mass is 461 g/mol. The molecule has 1 saturated heterocycles. The number of ether oxygens (including phenoxy) is 2. The summed E-state index contributed by atoms with van der Waals surface area (Å²) >= 11 is 0. The molecule has 6 nitrogen and oxygen atoms in total. The number of benzene rings is 3. The van der Waals surface area contributed by atoms with Gasteiger partial charge in [0.2, 0.25) is 0 Å². The van der Waals surface area contributed by atoms with Crippen LogP contribution in [0.3, 0.4) is 0 Å². The number of ketones is 1. The maximum atomic E-state index is 15.2. The van der Waals surface area contributed by atoms with Gasteiger partial charge in [-0.05, 0) is 35.9 Å². The van der Waals surface area contributed by atoms with E-state index in [0.29, 0.717) is 43.2 Å². The Kier molecular flexibility index (Phi) is 6.14. The molecule has 1 fully saturated rings. The number of hydrogen-bond donors (Lipinski definition) is 0. The van der Waals surface area contributed by atoms with Crippen molar-refractivity contribution < 1.29 is 23.0 Å². The summed E-state index contributed by atoms with van der Waals surface area (Å²) in [5.74, 6) is -2.31. The zero-order valence-electron chi connectivity index (χ0n) is 18.2. The van der Waals surface area contributed by atoms with Crippen LogP contribution in [0.5, 0.6) is 5.75 Å². The van der Waals surface area contributed by atoms with Gasteiger partial charge in [-0.1, -0.05) is 30.3 Å². The lowest BCUT2D eigenvalue weighted by Gasteiger charge is -2.27. The summed E-state index contributed by atoms with van der Waals surface area (Å²) in [7, 11) is 0. The summed E-state index contributed by atoms with van der Waals surface area (Å²) in [5.41, 5.74) is 1.31. The molecule has 2 heterocycles. The van der Waals surface area contributed by atoms with Crippen molar-refractivity contribution in [2.75, 3.05) is 31.2 Å². The average Bonchev–Trinajstić information content (AvgIpc) is 2.88. The van der Waals surface area contributed by atoms with Crippen LogP contribution in [-0.2, 0) is 11.3 Å². The maximum Gasteiger partial charge on any atom is 0.199 e. The molecule has 1 aliphatic heterocycles. The number of fused-ring (bicyclic) bond motifs is 1. The molecular formula is C26H21F2N3O3. The third-order valence-corrected chi connectivity index (χ3v) is 5.65. The van der Waals surface area contributed by atoms with E-state index in [1.54, 1.807) is 12.3 Å². The topological polar surface area (TPSA) is 64.6 Å². The second kappa shape index (κ2) is 9.52. The highest BCUT2D eigenvalue weighted by Gasteiger charge is 2.23. The molecule has 0 amide bonds. The fraction of sp³-hybridized carbons (Fsp3) is 0.192. The van der Waals surface area contributed by atoms with Crippen molar-refractivity contribution in [1.29, 1.82) is 0 Å². The first-order valence-electron chi connectivity index (χ1n) is 10.9. The molecule has 0 aliphatic carbocycles. The van der Waals surface area contributed by atoms with Crippen LogP contribution in [0, 0.1) is 11.6 Å². The Morgan fingerprint density at radius 2 is 1.79 bits per heavy atom. The average molecular weight is 461 g/mol. The minimum absolute atomic E-state index is 0.0902. The molecule has 4 aromatic rings. The minimum atomic E-state index is -1.03. The third-order valence-electron chi connectivity index (χ3n) is 5.65. The van der Waals surface area contributed by atoms with E-state index in [2.05, 4.69) is 9.97 Å². The summed E-state index contributed by atoms with van der Waals surface area (Å²) in [6.45, 7) is 2.65. The number of anilines is 1. The zero-order valence-corrected chi connectivity index (χ0v) is 18.2. The van der Waals surface area contributed by atoms with Gasteiger partial charge in [0.15, 0.2) is 17.3 Å². The first-order chi connectivity index (χ1) is 16.6. The van der Waals surface area contributed by atoms with E-state index in [-0.39, 0.29) is 17.9 Å². The van der Waals surface area contributed by atoms with E-state index < -0.39 is 23.0 Å². The van der Waals surface area contributed by atoms with Crippen LogP contribution in [0.4, 0.5) is 14.6 Å². The van der Waals surface area contributed by atoms with Gasteiger partial charge in [-0.25, -0.2) is 13.8 Å². The van der Waals surface area contributed by atoms with Crippen LogP contribution < -0.4 is 9.64 Å². The second-order valence-corrected chi connectivity index (χ2v) is 7.87.